The summed E-state index contributed by atoms with van der Waals surface area (Å²) in [5.41, 5.74) is 4.98. The molecule has 1 atom stereocenters. The number of aromatic nitrogens is 3. The van der Waals surface area contributed by atoms with E-state index >= 15 is 0 Å². The topological polar surface area (TPSA) is 60.2 Å². The minimum Gasteiger partial charge on any atom is -0.376 e. The fourth-order valence-electron chi connectivity index (χ4n) is 4.17. The number of hydrogen-bond acceptors (Lipinski definition) is 4. The van der Waals surface area contributed by atoms with Crippen LogP contribution in [0.4, 0.5) is 0 Å². The molecule has 4 heterocycles. The van der Waals surface area contributed by atoms with E-state index < -0.39 is 0 Å². The number of aryl methyl sites for hydroxylation is 2. The lowest BCUT2D eigenvalue weighted by Crippen LogP contribution is -2.40. The average Bonchev–Trinajstić information content (AvgIpc) is 3.06. The van der Waals surface area contributed by atoms with Crippen LogP contribution in [-0.4, -0.2) is 38.7 Å². The highest BCUT2D eigenvalue weighted by Crippen LogP contribution is 2.36. The zero-order valence-corrected chi connectivity index (χ0v) is 15.6. The van der Waals surface area contributed by atoms with E-state index in [9.17, 15) is 4.79 Å². The summed E-state index contributed by atoms with van der Waals surface area (Å²) < 4.78 is 7.81. The molecule has 0 bridgehead atoms. The molecule has 0 radical (unpaired) electrons. The molecule has 0 aliphatic carbocycles. The number of piperidine rings is 1. The van der Waals surface area contributed by atoms with E-state index in [2.05, 4.69) is 16.6 Å². The quantitative estimate of drug-likeness (QED) is 0.850. The van der Waals surface area contributed by atoms with Gasteiger partial charge in [-0.15, -0.1) is 0 Å². The van der Waals surface area contributed by atoms with Crippen molar-refractivity contribution in [2.75, 3.05) is 13.2 Å². The van der Waals surface area contributed by atoms with Crippen LogP contribution in [0.15, 0.2) is 18.3 Å². The monoisotopic (exact) mass is 354 g/mol. The molecule has 2 aliphatic rings. The van der Waals surface area contributed by atoms with Crippen LogP contribution in [-0.2, 0) is 24.3 Å². The van der Waals surface area contributed by atoms with Gasteiger partial charge < -0.3 is 9.64 Å². The Morgan fingerprint density at radius 2 is 2.27 bits per heavy atom. The molecule has 0 N–H and O–H groups in total. The maximum atomic E-state index is 13.2. The van der Waals surface area contributed by atoms with E-state index in [1.165, 1.54) is 11.3 Å². The summed E-state index contributed by atoms with van der Waals surface area (Å²) >= 11 is 0. The lowest BCUT2D eigenvalue weighted by Gasteiger charge is -2.35. The fraction of sp³-hybridized carbons (Fsp3) is 0.550. The molecule has 2 aromatic heterocycles. The molecule has 0 spiro atoms. The smallest absolute Gasteiger partial charge is 0.273 e. The number of rotatable bonds is 3. The fourth-order valence-corrected chi connectivity index (χ4v) is 4.17. The highest BCUT2D eigenvalue weighted by molar-refractivity contribution is 5.94. The highest BCUT2D eigenvalue weighted by Gasteiger charge is 2.35. The normalized spacial score (nSPS) is 20.1. The Bertz CT molecular complexity index is 814. The van der Waals surface area contributed by atoms with Crippen molar-refractivity contribution in [3.63, 3.8) is 0 Å². The van der Waals surface area contributed by atoms with Gasteiger partial charge in [0.2, 0.25) is 0 Å². The third-order valence-electron chi connectivity index (χ3n) is 5.52. The SMILES string of the molecule is CCn1nc(C2CCCCN2C(=O)c2ncccc2C)c2c1CCOC2. The van der Waals surface area contributed by atoms with Gasteiger partial charge in [-0.1, -0.05) is 6.07 Å². The molecule has 2 aromatic rings. The zero-order chi connectivity index (χ0) is 18.1. The molecule has 1 amide bonds. The molecule has 26 heavy (non-hydrogen) atoms. The summed E-state index contributed by atoms with van der Waals surface area (Å²) in [7, 11) is 0. The maximum Gasteiger partial charge on any atom is 0.273 e. The largest absolute Gasteiger partial charge is 0.376 e. The van der Waals surface area contributed by atoms with Crippen LogP contribution in [0.25, 0.3) is 0 Å². The van der Waals surface area contributed by atoms with Gasteiger partial charge in [-0.2, -0.15) is 5.10 Å². The van der Waals surface area contributed by atoms with Crippen LogP contribution in [0.3, 0.4) is 0 Å². The molecule has 2 aliphatic heterocycles. The van der Waals surface area contributed by atoms with Crippen LogP contribution in [0.5, 0.6) is 0 Å². The number of fused-ring (bicyclic) bond motifs is 1. The number of carbonyl (C=O) groups excluding carboxylic acids is 1. The number of ether oxygens (including phenoxy) is 1. The first-order chi connectivity index (χ1) is 12.7. The average molecular weight is 354 g/mol. The zero-order valence-electron chi connectivity index (χ0n) is 15.6. The van der Waals surface area contributed by atoms with E-state index in [4.69, 9.17) is 9.84 Å². The Kier molecular flexibility index (Phi) is 4.76. The summed E-state index contributed by atoms with van der Waals surface area (Å²) in [6.07, 6.45) is 5.69. The van der Waals surface area contributed by atoms with Crippen molar-refractivity contribution in [1.29, 1.82) is 0 Å². The Balaban J connectivity index is 1.72. The first kappa shape index (κ1) is 17.2. The first-order valence-corrected chi connectivity index (χ1v) is 9.59. The lowest BCUT2D eigenvalue weighted by atomic mass is 9.94. The summed E-state index contributed by atoms with van der Waals surface area (Å²) in [6, 6.07) is 3.83. The molecule has 1 saturated heterocycles. The third kappa shape index (κ3) is 2.92. The Hall–Kier alpha value is -2.21. The molecule has 138 valence electrons. The van der Waals surface area contributed by atoms with Crippen LogP contribution in [0.1, 0.15) is 65.2 Å². The predicted molar refractivity (Wildman–Crippen MR) is 97.9 cm³/mol. The standard InChI is InChI=1S/C20H26N4O2/c1-3-24-16-9-12-26-13-15(16)19(22-24)17-8-4-5-11-23(17)20(25)18-14(2)7-6-10-21-18/h6-7,10,17H,3-5,8-9,11-13H2,1-2H3. The second-order valence-electron chi connectivity index (χ2n) is 7.11. The van der Waals surface area contributed by atoms with Crippen molar-refractivity contribution in [3.05, 3.63) is 46.5 Å². The van der Waals surface area contributed by atoms with Gasteiger partial charge >= 0.3 is 0 Å². The van der Waals surface area contributed by atoms with Gasteiger partial charge in [-0.25, -0.2) is 0 Å². The predicted octanol–water partition coefficient (Wildman–Crippen LogP) is 3.05. The number of amides is 1. The van der Waals surface area contributed by atoms with Crippen LogP contribution >= 0.6 is 0 Å². The van der Waals surface area contributed by atoms with Gasteiger partial charge in [0.05, 0.1) is 24.9 Å². The van der Waals surface area contributed by atoms with Gasteiger partial charge in [0.1, 0.15) is 5.69 Å². The lowest BCUT2D eigenvalue weighted by molar-refractivity contribution is 0.0589. The van der Waals surface area contributed by atoms with Gasteiger partial charge in [0.15, 0.2) is 0 Å². The number of hydrogen-bond donors (Lipinski definition) is 0. The molecule has 1 unspecified atom stereocenters. The summed E-state index contributed by atoms with van der Waals surface area (Å²) in [5.74, 6) is 0.0179. The molecule has 0 aromatic carbocycles. The van der Waals surface area contributed by atoms with E-state index in [1.807, 2.05) is 24.0 Å². The molecule has 1 fully saturated rings. The molecular formula is C20H26N4O2. The van der Waals surface area contributed by atoms with Crippen molar-refractivity contribution >= 4 is 5.91 Å². The summed E-state index contributed by atoms with van der Waals surface area (Å²) in [4.78, 5) is 19.6. The van der Waals surface area contributed by atoms with Gasteiger partial charge in [-0.05, 0) is 44.7 Å². The van der Waals surface area contributed by atoms with Crippen molar-refractivity contribution in [3.8, 4) is 0 Å². The van der Waals surface area contributed by atoms with Gasteiger partial charge in [0.25, 0.3) is 5.91 Å². The summed E-state index contributed by atoms with van der Waals surface area (Å²) in [6.45, 7) is 7.02. The van der Waals surface area contributed by atoms with E-state index in [0.717, 1.165) is 56.6 Å². The number of pyridine rings is 1. The first-order valence-electron chi connectivity index (χ1n) is 9.59. The van der Waals surface area contributed by atoms with Crippen LogP contribution in [0, 0.1) is 6.92 Å². The molecular weight excluding hydrogens is 328 g/mol. The van der Waals surface area contributed by atoms with E-state index in [0.29, 0.717) is 12.3 Å². The summed E-state index contributed by atoms with van der Waals surface area (Å²) in [5, 5.41) is 4.91. The van der Waals surface area contributed by atoms with Crippen molar-refractivity contribution in [2.45, 2.75) is 58.7 Å². The Morgan fingerprint density at radius 1 is 1.38 bits per heavy atom. The van der Waals surface area contributed by atoms with Crippen LogP contribution < -0.4 is 0 Å². The Labute approximate surface area is 154 Å². The number of carbonyl (C=O) groups is 1. The third-order valence-corrected chi connectivity index (χ3v) is 5.52. The number of nitrogens with zero attached hydrogens (tertiary/aromatic N) is 4. The van der Waals surface area contributed by atoms with E-state index in [1.54, 1.807) is 6.20 Å². The van der Waals surface area contributed by atoms with Crippen molar-refractivity contribution in [2.24, 2.45) is 0 Å². The minimum atomic E-state index is 0.0147. The molecule has 6 heteroatoms. The minimum absolute atomic E-state index is 0.0147. The van der Waals surface area contributed by atoms with Crippen LogP contribution in [0.2, 0.25) is 0 Å². The van der Waals surface area contributed by atoms with Crippen molar-refractivity contribution in [1.82, 2.24) is 19.7 Å². The van der Waals surface area contributed by atoms with Crippen molar-refractivity contribution < 1.29 is 9.53 Å². The van der Waals surface area contributed by atoms with E-state index in [-0.39, 0.29) is 11.9 Å². The molecule has 4 rings (SSSR count). The number of likely N-dealkylation sites (tertiary alicyclic amines) is 1. The van der Waals surface area contributed by atoms with Gasteiger partial charge in [-0.3, -0.25) is 14.5 Å². The molecule has 6 nitrogen and oxygen atoms in total. The Morgan fingerprint density at radius 3 is 3.08 bits per heavy atom. The highest BCUT2D eigenvalue weighted by atomic mass is 16.5. The van der Waals surface area contributed by atoms with Gasteiger partial charge in [0, 0.05) is 37.0 Å². The second kappa shape index (κ2) is 7.19. The second-order valence-corrected chi connectivity index (χ2v) is 7.11. The molecule has 0 saturated carbocycles. The maximum absolute atomic E-state index is 13.2.